The van der Waals surface area contributed by atoms with Crippen LogP contribution in [0, 0.1) is 0 Å². The van der Waals surface area contributed by atoms with Gasteiger partial charge in [0.25, 0.3) is 5.91 Å². The second kappa shape index (κ2) is 5.42. The molecule has 2 heterocycles. The predicted octanol–water partition coefficient (Wildman–Crippen LogP) is 0.984. The van der Waals surface area contributed by atoms with Crippen molar-refractivity contribution in [3.8, 4) is 5.75 Å². The molecule has 3 rings (SSSR count). The van der Waals surface area contributed by atoms with E-state index in [-0.39, 0.29) is 23.8 Å². The molecule has 1 aromatic carbocycles. The molecule has 0 aromatic heterocycles. The summed E-state index contributed by atoms with van der Waals surface area (Å²) in [7, 11) is 0. The van der Waals surface area contributed by atoms with Crippen LogP contribution in [-0.2, 0) is 4.74 Å². The highest BCUT2D eigenvalue weighted by molar-refractivity contribution is 5.94. The normalized spacial score (nSPS) is 29.9. The van der Waals surface area contributed by atoms with Crippen LogP contribution in [0.15, 0.2) is 24.3 Å². The molecule has 5 nitrogen and oxygen atoms in total. The molecule has 2 fully saturated rings. The molecule has 0 bridgehead atoms. The maximum atomic E-state index is 12.2. The van der Waals surface area contributed by atoms with Gasteiger partial charge in [-0.25, -0.2) is 0 Å². The SMILES string of the molecule is C[C@@H]1CN2C[C@@H](NC(=O)c3cccc(O)c3)C[C@H]2CO1. The van der Waals surface area contributed by atoms with Crippen molar-refractivity contribution in [3.63, 3.8) is 0 Å². The number of aromatic hydroxyl groups is 1. The fourth-order valence-corrected chi connectivity index (χ4v) is 3.06. The van der Waals surface area contributed by atoms with Crippen LogP contribution in [0.2, 0.25) is 0 Å². The molecule has 0 unspecified atom stereocenters. The zero-order valence-electron chi connectivity index (χ0n) is 11.6. The van der Waals surface area contributed by atoms with Crippen LogP contribution >= 0.6 is 0 Å². The Morgan fingerprint density at radius 3 is 3.10 bits per heavy atom. The second-order valence-corrected chi connectivity index (χ2v) is 5.71. The minimum absolute atomic E-state index is 0.115. The Bertz CT molecular complexity index is 506. The Balaban J connectivity index is 1.60. The van der Waals surface area contributed by atoms with E-state index >= 15 is 0 Å². The van der Waals surface area contributed by atoms with E-state index in [1.165, 1.54) is 6.07 Å². The zero-order chi connectivity index (χ0) is 14.1. The highest BCUT2D eigenvalue weighted by atomic mass is 16.5. The molecule has 2 saturated heterocycles. The van der Waals surface area contributed by atoms with Crippen LogP contribution in [0.25, 0.3) is 0 Å². The highest BCUT2D eigenvalue weighted by Crippen LogP contribution is 2.23. The third kappa shape index (κ3) is 2.78. The molecule has 20 heavy (non-hydrogen) atoms. The van der Waals surface area contributed by atoms with Crippen LogP contribution in [0.5, 0.6) is 5.75 Å². The zero-order valence-corrected chi connectivity index (χ0v) is 11.6. The van der Waals surface area contributed by atoms with Gasteiger partial charge in [-0.05, 0) is 31.5 Å². The number of fused-ring (bicyclic) bond motifs is 1. The Morgan fingerprint density at radius 2 is 2.30 bits per heavy atom. The van der Waals surface area contributed by atoms with E-state index in [2.05, 4.69) is 17.1 Å². The maximum absolute atomic E-state index is 12.2. The van der Waals surface area contributed by atoms with Gasteiger partial charge in [-0.15, -0.1) is 0 Å². The van der Waals surface area contributed by atoms with Crippen LogP contribution < -0.4 is 5.32 Å². The van der Waals surface area contributed by atoms with Crippen molar-refractivity contribution < 1.29 is 14.6 Å². The van der Waals surface area contributed by atoms with Gasteiger partial charge in [-0.3, -0.25) is 9.69 Å². The summed E-state index contributed by atoms with van der Waals surface area (Å²) in [5.41, 5.74) is 0.500. The van der Waals surface area contributed by atoms with Crippen molar-refractivity contribution >= 4 is 5.91 Å². The lowest BCUT2D eigenvalue weighted by Crippen LogP contribution is -2.45. The number of nitrogens with one attached hydrogen (secondary N) is 1. The third-order valence-corrected chi connectivity index (χ3v) is 4.04. The van der Waals surface area contributed by atoms with Crippen molar-refractivity contribution in [3.05, 3.63) is 29.8 Å². The van der Waals surface area contributed by atoms with Crippen molar-refractivity contribution in [1.82, 2.24) is 10.2 Å². The number of hydrogen-bond donors (Lipinski definition) is 2. The van der Waals surface area contributed by atoms with Gasteiger partial charge in [0.1, 0.15) is 5.75 Å². The number of ether oxygens (including phenoxy) is 1. The molecule has 5 heteroatoms. The summed E-state index contributed by atoms with van der Waals surface area (Å²) in [6, 6.07) is 7.01. The minimum Gasteiger partial charge on any atom is -0.508 e. The minimum atomic E-state index is -0.125. The van der Waals surface area contributed by atoms with Crippen molar-refractivity contribution in [1.29, 1.82) is 0 Å². The summed E-state index contributed by atoms with van der Waals surface area (Å²) in [5, 5.41) is 12.5. The molecule has 1 aromatic rings. The summed E-state index contributed by atoms with van der Waals surface area (Å²) in [6.07, 6.45) is 1.20. The predicted molar refractivity (Wildman–Crippen MR) is 74.8 cm³/mol. The lowest BCUT2D eigenvalue weighted by Gasteiger charge is -2.33. The number of phenolic OH excluding ortho intramolecular Hbond substituents is 1. The van der Waals surface area contributed by atoms with Gasteiger partial charge < -0.3 is 15.2 Å². The first-order chi connectivity index (χ1) is 9.61. The van der Waals surface area contributed by atoms with E-state index in [9.17, 15) is 9.90 Å². The first-order valence-corrected chi connectivity index (χ1v) is 7.07. The van der Waals surface area contributed by atoms with Crippen LogP contribution in [0.1, 0.15) is 23.7 Å². The molecule has 1 amide bonds. The van der Waals surface area contributed by atoms with Gasteiger partial charge in [0.15, 0.2) is 0 Å². The number of benzene rings is 1. The molecule has 108 valence electrons. The molecule has 0 aliphatic carbocycles. The van der Waals surface area contributed by atoms with Gasteiger partial charge in [-0.1, -0.05) is 6.07 Å². The van der Waals surface area contributed by atoms with E-state index in [0.29, 0.717) is 11.6 Å². The molecule has 0 spiro atoms. The summed E-state index contributed by atoms with van der Waals surface area (Å²) in [6.45, 7) is 4.64. The third-order valence-electron chi connectivity index (χ3n) is 4.04. The number of phenols is 1. The number of hydrogen-bond acceptors (Lipinski definition) is 4. The number of carbonyl (C=O) groups excluding carboxylic acids is 1. The Kier molecular flexibility index (Phi) is 3.63. The molecule has 2 aliphatic rings. The lowest BCUT2D eigenvalue weighted by atomic mass is 10.1. The number of nitrogens with zero attached hydrogens (tertiary/aromatic N) is 1. The summed E-state index contributed by atoms with van der Waals surface area (Å²) in [4.78, 5) is 14.5. The van der Waals surface area contributed by atoms with Crippen molar-refractivity contribution in [2.75, 3.05) is 19.7 Å². The highest BCUT2D eigenvalue weighted by Gasteiger charge is 2.36. The molecular formula is C15H20N2O3. The molecule has 0 saturated carbocycles. The van der Waals surface area contributed by atoms with Gasteiger partial charge >= 0.3 is 0 Å². The summed E-state index contributed by atoms with van der Waals surface area (Å²) in [5.74, 6) is -0.0107. The van der Waals surface area contributed by atoms with Crippen LogP contribution in [0.4, 0.5) is 0 Å². The number of amides is 1. The molecule has 0 radical (unpaired) electrons. The van der Waals surface area contributed by atoms with E-state index < -0.39 is 0 Å². The smallest absolute Gasteiger partial charge is 0.251 e. The molecule has 3 atom stereocenters. The number of morpholine rings is 1. The quantitative estimate of drug-likeness (QED) is 0.845. The number of rotatable bonds is 2. The fraction of sp³-hybridized carbons (Fsp3) is 0.533. The van der Waals surface area contributed by atoms with Crippen LogP contribution in [0.3, 0.4) is 0 Å². The molecular weight excluding hydrogens is 256 g/mol. The van der Waals surface area contributed by atoms with Gasteiger partial charge in [-0.2, -0.15) is 0 Å². The average molecular weight is 276 g/mol. The second-order valence-electron chi connectivity index (χ2n) is 5.71. The monoisotopic (exact) mass is 276 g/mol. The summed E-state index contributed by atoms with van der Waals surface area (Å²) >= 11 is 0. The number of carbonyl (C=O) groups is 1. The van der Waals surface area contributed by atoms with Crippen LogP contribution in [-0.4, -0.2) is 53.8 Å². The standard InChI is InChI=1S/C15H20N2O3/c1-10-7-17-8-12(6-13(17)9-20-10)16-15(19)11-3-2-4-14(18)5-11/h2-5,10,12-13,18H,6-9H2,1H3,(H,16,19)/t10-,12+,13+/m1/s1. The maximum Gasteiger partial charge on any atom is 0.251 e. The first kappa shape index (κ1) is 13.4. The lowest BCUT2D eigenvalue weighted by molar-refractivity contribution is -0.0390. The molecule has 2 aliphatic heterocycles. The van der Waals surface area contributed by atoms with E-state index in [1.54, 1.807) is 18.2 Å². The van der Waals surface area contributed by atoms with Crippen molar-refractivity contribution in [2.45, 2.75) is 31.5 Å². The Hall–Kier alpha value is -1.59. The Labute approximate surface area is 118 Å². The van der Waals surface area contributed by atoms with Gasteiger partial charge in [0.05, 0.1) is 12.7 Å². The van der Waals surface area contributed by atoms with E-state index in [4.69, 9.17) is 4.74 Å². The topological polar surface area (TPSA) is 61.8 Å². The Morgan fingerprint density at radius 1 is 1.45 bits per heavy atom. The first-order valence-electron chi connectivity index (χ1n) is 7.07. The van der Waals surface area contributed by atoms with Gasteiger partial charge in [0, 0.05) is 30.7 Å². The largest absolute Gasteiger partial charge is 0.508 e. The van der Waals surface area contributed by atoms with E-state index in [0.717, 1.165) is 26.1 Å². The summed E-state index contributed by atoms with van der Waals surface area (Å²) < 4.78 is 5.66. The fourth-order valence-electron chi connectivity index (χ4n) is 3.06. The van der Waals surface area contributed by atoms with E-state index in [1.807, 2.05) is 0 Å². The molecule has 2 N–H and O–H groups in total. The average Bonchev–Trinajstić information content (AvgIpc) is 2.80. The van der Waals surface area contributed by atoms with Gasteiger partial charge in [0.2, 0.25) is 0 Å². The van der Waals surface area contributed by atoms with Crippen molar-refractivity contribution in [2.24, 2.45) is 0 Å².